The Balaban J connectivity index is 1.16. The van der Waals surface area contributed by atoms with E-state index in [4.69, 9.17) is 24.6 Å². The van der Waals surface area contributed by atoms with Gasteiger partial charge in [0.25, 0.3) is 0 Å². The van der Waals surface area contributed by atoms with Crippen molar-refractivity contribution in [2.24, 2.45) is 0 Å². The summed E-state index contributed by atoms with van der Waals surface area (Å²) in [6.07, 6.45) is 0. The number of nitrogens with zero attached hydrogens (tertiary/aromatic N) is 4. The lowest BCUT2D eigenvalue weighted by molar-refractivity contribution is 0.669. The Morgan fingerprint density at radius 3 is 1.22 bits per heavy atom. The van der Waals surface area contributed by atoms with E-state index in [1.54, 1.807) is 0 Å². The summed E-state index contributed by atoms with van der Waals surface area (Å²) in [6, 6.07) is 50.7. The summed E-state index contributed by atoms with van der Waals surface area (Å²) in [5, 5.41) is 11.3. The van der Waals surface area contributed by atoms with Gasteiger partial charge in [-0.3, -0.25) is 0 Å². The van der Waals surface area contributed by atoms with Crippen LogP contribution in [0.15, 0.2) is 150 Å². The molecule has 8 aromatic rings. The van der Waals surface area contributed by atoms with Crippen LogP contribution in [0.4, 0.5) is 0 Å². The quantitative estimate of drug-likeness (QED) is 0.204. The van der Waals surface area contributed by atoms with Crippen LogP contribution in [0, 0.1) is 11.3 Å². The molecule has 2 heterocycles. The number of fused-ring (bicyclic) bond motifs is 3. The maximum Gasteiger partial charge on any atom is 0.164 e. The molecule has 5 heteroatoms. The highest BCUT2D eigenvalue weighted by atomic mass is 16.3. The zero-order valence-electron chi connectivity index (χ0n) is 24.1. The largest absolute Gasteiger partial charge is 0.456 e. The summed E-state index contributed by atoms with van der Waals surface area (Å²) >= 11 is 0. The molecule has 45 heavy (non-hydrogen) atoms. The lowest BCUT2D eigenvalue weighted by Crippen LogP contribution is -2.00. The Morgan fingerprint density at radius 2 is 0.778 bits per heavy atom. The summed E-state index contributed by atoms with van der Waals surface area (Å²) in [6.45, 7) is 0. The third kappa shape index (κ3) is 5.01. The molecule has 0 atom stereocenters. The summed E-state index contributed by atoms with van der Waals surface area (Å²) < 4.78 is 6.18. The third-order valence-corrected chi connectivity index (χ3v) is 7.99. The second-order valence-electron chi connectivity index (χ2n) is 10.8. The fourth-order valence-electron chi connectivity index (χ4n) is 5.62. The Labute approximate surface area is 259 Å². The number of aromatic nitrogens is 3. The Hall–Kier alpha value is -6.38. The molecule has 6 aromatic carbocycles. The summed E-state index contributed by atoms with van der Waals surface area (Å²) in [4.78, 5) is 14.5. The molecular weight excluding hydrogens is 552 g/mol. The minimum atomic E-state index is 0.626. The topological polar surface area (TPSA) is 75.6 Å². The lowest BCUT2D eigenvalue weighted by Gasteiger charge is -2.09. The van der Waals surface area contributed by atoms with Gasteiger partial charge in [-0.1, -0.05) is 109 Å². The van der Waals surface area contributed by atoms with E-state index in [0.717, 1.165) is 60.9 Å². The van der Waals surface area contributed by atoms with Crippen molar-refractivity contribution in [1.82, 2.24) is 15.0 Å². The molecule has 0 spiro atoms. The smallest absolute Gasteiger partial charge is 0.164 e. The fourth-order valence-corrected chi connectivity index (χ4v) is 5.62. The molecule has 8 rings (SSSR count). The van der Waals surface area contributed by atoms with E-state index in [1.807, 2.05) is 97.1 Å². The van der Waals surface area contributed by atoms with Crippen LogP contribution in [0.3, 0.4) is 0 Å². The molecule has 0 saturated heterocycles. The van der Waals surface area contributed by atoms with Crippen LogP contribution >= 0.6 is 0 Å². The number of nitriles is 1. The van der Waals surface area contributed by atoms with Gasteiger partial charge in [0.2, 0.25) is 0 Å². The van der Waals surface area contributed by atoms with Crippen LogP contribution in [0.2, 0.25) is 0 Å². The molecule has 2 aromatic heterocycles. The highest BCUT2D eigenvalue weighted by Gasteiger charge is 2.14. The van der Waals surface area contributed by atoms with E-state index in [2.05, 4.69) is 54.6 Å². The molecule has 210 valence electrons. The van der Waals surface area contributed by atoms with Crippen molar-refractivity contribution in [3.05, 3.63) is 151 Å². The number of hydrogen-bond donors (Lipinski definition) is 0. The van der Waals surface area contributed by atoms with Crippen molar-refractivity contribution in [3.63, 3.8) is 0 Å². The first-order valence-electron chi connectivity index (χ1n) is 14.7. The maximum atomic E-state index is 9.16. The molecule has 0 aliphatic carbocycles. The zero-order chi connectivity index (χ0) is 30.2. The first-order valence-corrected chi connectivity index (χ1v) is 14.7. The second-order valence-corrected chi connectivity index (χ2v) is 10.8. The van der Waals surface area contributed by atoms with Crippen LogP contribution in [0.1, 0.15) is 5.56 Å². The van der Waals surface area contributed by atoms with Gasteiger partial charge >= 0.3 is 0 Å². The Bertz CT molecular complexity index is 2300. The van der Waals surface area contributed by atoms with Crippen molar-refractivity contribution in [1.29, 1.82) is 5.26 Å². The number of rotatable bonds is 5. The van der Waals surface area contributed by atoms with E-state index >= 15 is 0 Å². The van der Waals surface area contributed by atoms with Crippen LogP contribution in [0.5, 0.6) is 0 Å². The molecule has 0 fully saturated rings. The normalized spacial score (nSPS) is 11.1. The fraction of sp³-hybridized carbons (Fsp3) is 0. The van der Waals surface area contributed by atoms with Crippen LogP contribution in [-0.2, 0) is 0 Å². The summed E-state index contributed by atoms with van der Waals surface area (Å²) in [5.74, 6) is 1.91. The van der Waals surface area contributed by atoms with Crippen molar-refractivity contribution in [2.75, 3.05) is 0 Å². The highest BCUT2D eigenvalue weighted by molar-refractivity contribution is 6.07. The molecule has 0 aliphatic rings. The average molecular weight is 577 g/mol. The van der Waals surface area contributed by atoms with E-state index < -0.39 is 0 Å². The first-order chi connectivity index (χ1) is 22.2. The van der Waals surface area contributed by atoms with Crippen molar-refractivity contribution in [2.45, 2.75) is 0 Å². The van der Waals surface area contributed by atoms with Gasteiger partial charge in [0, 0.05) is 27.5 Å². The molecule has 0 aliphatic heterocycles. The summed E-state index contributed by atoms with van der Waals surface area (Å²) in [5.41, 5.74) is 9.43. The minimum Gasteiger partial charge on any atom is -0.456 e. The van der Waals surface area contributed by atoms with Gasteiger partial charge in [0.15, 0.2) is 17.5 Å². The molecule has 0 amide bonds. The lowest BCUT2D eigenvalue weighted by atomic mass is 9.99. The van der Waals surface area contributed by atoms with Gasteiger partial charge in [0.05, 0.1) is 11.6 Å². The molecule has 0 saturated carbocycles. The Kier molecular flexibility index (Phi) is 6.44. The Morgan fingerprint density at radius 1 is 0.400 bits per heavy atom. The minimum absolute atomic E-state index is 0.626. The van der Waals surface area contributed by atoms with Crippen LogP contribution in [-0.4, -0.2) is 15.0 Å². The highest BCUT2D eigenvalue weighted by Crippen LogP contribution is 2.35. The van der Waals surface area contributed by atoms with Gasteiger partial charge in [0.1, 0.15) is 11.2 Å². The number of benzene rings is 6. The van der Waals surface area contributed by atoms with E-state index in [1.165, 1.54) is 0 Å². The standard InChI is InChI=1S/C40H24N4O/c41-25-26-11-13-27(14-12-26)32-19-21-36-34(23-32)35-24-33(20-22-37(35)45-36)28-15-17-31(18-16-28)40-43-38(29-7-3-1-4-8-29)42-39(44-40)30-9-5-2-6-10-30/h1-24H. The number of hydrogen-bond acceptors (Lipinski definition) is 5. The van der Waals surface area contributed by atoms with E-state index in [9.17, 15) is 0 Å². The number of furan rings is 1. The van der Waals surface area contributed by atoms with Crippen molar-refractivity contribution in [3.8, 4) is 62.5 Å². The predicted molar refractivity (Wildman–Crippen MR) is 179 cm³/mol. The molecule has 0 unspecified atom stereocenters. The van der Waals surface area contributed by atoms with Crippen molar-refractivity contribution >= 4 is 21.9 Å². The zero-order valence-corrected chi connectivity index (χ0v) is 24.1. The monoisotopic (exact) mass is 576 g/mol. The van der Waals surface area contributed by atoms with E-state index in [-0.39, 0.29) is 0 Å². The summed E-state index contributed by atoms with van der Waals surface area (Å²) in [7, 11) is 0. The van der Waals surface area contributed by atoms with Gasteiger partial charge < -0.3 is 4.42 Å². The molecule has 5 nitrogen and oxygen atoms in total. The van der Waals surface area contributed by atoms with Gasteiger partial charge in [-0.2, -0.15) is 5.26 Å². The SMILES string of the molecule is N#Cc1ccc(-c2ccc3oc4ccc(-c5ccc(-c6nc(-c7ccccc7)nc(-c7ccccc7)n6)cc5)cc4c3c2)cc1. The molecular formula is C40H24N4O. The van der Waals surface area contributed by atoms with E-state index in [0.29, 0.717) is 23.0 Å². The molecule has 0 bridgehead atoms. The molecule has 0 N–H and O–H groups in total. The second kappa shape index (κ2) is 11.0. The van der Waals surface area contributed by atoms with Gasteiger partial charge in [-0.05, 0) is 58.7 Å². The molecule has 0 radical (unpaired) electrons. The van der Waals surface area contributed by atoms with Gasteiger partial charge in [-0.25, -0.2) is 15.0 Å². The first kappa shape index (κ1) is 26.3. The van der Waals surface area contributed by atoms with Crippen molar-refractivity contribution < 1.29 is 4.42 Å². The maximum absolute atomic E-state index is 9.16. The van der Waals surface area contributed by atoms with Crippen LogP contribution in [0.25, 0.3) is 78.4 Å². The van der Waals surface area contributed by atoms with Gasteiger partial charge in [-0.15, -0.1) is 0 Å². The average Bonchev–Trinajstić information content (AvgIpc) is 3.49. The third-order valence-electron chi connectivity index (χ3n) is 7.99. The van der Waals surface area contributed by atoms with Crippen LogP contribution < -0.4 is 0 Å². The predicted octanol–water partition coefficient (Wildman–Crippen LogP) is 9.98.